The molecule has 0 aromatic heterocycles. The molecule has 2 heterocycles. The molecule has 4 amide bonds. The minimum absolute atomic E-state index is 0.189. The van der Waals surface area contributed by atoms with Gasteiger partial charge in [-0.05, 0) is 55.2 Å². The molecular weight excluding hydrogens is 434 g/mol. The molecule has 32 heavy (non-hydrogen) atoms. The Morgan fingerprint density at radius 3 is 2.62 bits per heavy atom. The Morgan fingerprint density at radius 1 is 1.16 bits per heavy atom. The number of nitrogens with zero attached hydrogens (tertiary/aromatic N) is 2. The van der Waals surface area contributed by atoms with E-state index in [1.54, 1.807) is 25.2 Å². The molecule has 0 radical (unpaired) electrons. The monoisotopic (exact) mass is 455 g/mol. The summed E-state index contributed by atoms with van der Waals surface area (Å²) >= 11 is 6.20. The van der Waals surface area contributed by atoms with Gasteiger partial charge in [-0.25, -0.2) is 4.79 Å². The van der Waals surface area contributed by atoms with Gasteiger partial charge in [-0.3, -0.25) is 24.6 Å². The molecule has 4 rings (SSSR count). The molecule has 0 aliphatic carbocycles. The maximum absolute atomic E-state index is 12.9. The number of carbonyl (C=O) groups is 4. The molecule has 1 fully saturated rings. The summed E-state index contributed by atoms with van der Waals surface area (Å²) in [4.78, 5) is 52.0. The first kappa shape index (κ1) is 21.8. The molecule has 0 spiro atoms. The first-order valence-electron chi connectivity index (χ1n) is 10.2. The van der Waals surface area contributed by atoms with Crippen molar-refractivity contribution in [3.63, 3.8) is 0 Å². The number of anilines is 1. The van der Waals surface area contributed by atoms with Crippen molar-refractivity contribution in [2.24, 2.45) is 0 Å². The van der Waals surface area contributed by atoms with Gasteiger partial charge in [0, 0.05) is 30.6 Å². The first-order chi connectivity index (χ1) is 15.2. The van der Waals surface area contributed by atoms with Gasteiger partial charge < -0.3 is 9.64 Å². The van der Waals surface area contributed by atoms with Gasteiger partial charge in [0.2, 0.25) is 11.8 Å². The van der Waals surface area contributed by atoms with Crippen LogP contribution in [0.4, 0.5) is 10.5 Å². The van der Waals surface area contributed by atoms with Crippen LogP contribution in [0, 0.1) is 13.8 Å². The van der Waals surface area contributed by atoms with E-state index >= 15 is 0 Å². The number of fused-ring (bicyclic) bond motifs is 1. The van der Waals surface area contributed by atoms with Gasteiger partial charge in [-0.1, -0.05) is 23.7 Å². The smallest absolute Gasteiger partial charge is 0.410 e. The predicted molar refractivity (Wildman–Crippen MR) is 118 cm³/mol. The second kappa shape index (κ2) is 8.27. The molecule has 2 aromatic rings. The summed E-state index contributed by atoms with van der Waals surface area (Å²) in [6, 6.07) is 7.72. The van der Waals surface area contributed by atoms with E-state index < -0.39 is 18.0 Å². The van der Waals surface area contributed by atoms with Gasteiger partial charge >= 0.3 is 6.09 Å². The maximum Gasteiger partial charge on any atom is 0.419 e. The zero-order valence-corrected chi connectivity index (χ0v) is 18.7. The van der Waals surface area contributed by atoms with Crippen molar-refractivity contribution >= 4 is 41.1 Å². The number of nitrogens with one attached hydrogen (secondary N) is 1. The molecule has 1 atom stereocenters. The molecule has 8 nitrogen and oxygen atoms in total. The number of amides is 4. The first-order valence-corrected chi connectivity index (χ1v) is 10.5. The van der Waals surface area contributed by atoms with Crippen molar-refractivity contribution in [1.29, 1.82) is 0 Å². The highest BCUT2D eigenvalue weighted by molar-refractivity contribution is 6.31. The average molecular weight is 456 g/mol. The molecule has 2 aliphatic heterocycles. The van der Waals surface area contributed by atoms with E-state index in [1.807, 2.05) is 19.9 Å². The van der Waals surface area contributed by atoms with Gasteiger partial charge in [0.15, 0.2) is 0 Å². The van der Waals surface area contributed by atoms with Crippen molar-refractivity contribution in [1.82, 2.24) is 10.2 Å². The van der Waals surface area contributed by atoms with E-state index in [9.17, 15) is 19.2 Å². The van der Waals surface area contributed by atoms with Crippen molar-refractivity contribution in [2.45, 2.75) is 39.3 Å². The number of hydrogen-bond acceptors (Lipinski definition) is 5. The summed E-state index contributed by atoms with van der Waals surface area (Å²) in [7, 11) is 1.58. The van der Waals surface area contributed by atoms with Crippen LogP contribution in [0.25, 0.3) is 0 Å². The Kier molecular flexibility index (Phi) is 5.64. The van der Waals surface area contributed by atoms with E-state index in [0.29, 0.717) is 16.3 Å². The number of ether oxygens (including phenoxy) is 1. The molecule has 1 unspecified atom stereocenters. The lowest BCUT2D eigenvalue weighted by atomic mass is 10.0. The number of halogens is 1. The Morgan fingerprint density at radius 2 is 1.91 bits per heavy atom. The fraction of sp³-hybridized carbons (Fsp3) is 0.304. The topological polar surface area (TPSA) is 96.0 Å². The van der Waals surface area contributed by atoms with Crippen LogP contribution in [0.2, 0.25) is 5.02 Å². The molecular formula is C23H22ClN3O5. The fourth-order valence-electron chi connectivity index (χ4n) is 4.04. The van der Waals surface area contributed by atoms with E-state index in [2.05, 4.69) is 5.32 Å². The Hall–Kier alpha value is -3.39. The molecule has 2 aromatic carbocycles. The second-order valence-electron chi connectivity index (χ2n) is 8.03. The summed E-state index contributed by atoms with van der Waals surface area (Å²) in [6.45, 7) is 4.02. The number of aryl methyl sites for hydroxylation is 2. The SMILES string of the molecule is Cc1cc(C)c(N(C)C(=O)Oc2ccc3c(c2)C(=O)N(C2CCC(=O)NC2=O)C3)cc1Cl. The van der Waals surface area contributed by atoms with Crippen LogP contribution in [0.5, 0.6) is 5.75 Å². The van der Waals surface area contributed by atoms with Crippen molar-refractivity contribution < 1.29 is 23.9 Å². The third-order valence-electron chi connectivity index (χ3n) is 5.82. The lowest BCUT2D eigenvalue weighted by Crippen LogP contribution is -2.52. The van der Waals surface area contributed by atoms with E-state index in [0.717, 1.165) is 16.7 Å². The fourth-order valence-corrected chi connectivity index (χ4v) is 4.20. The van der Waals surface area contributed by atoms with Crippen LogP contribution >= 0.6 is 11.6 Å². The molecule has 166 valence electrons. The molecule has 9 heteroatoms. The zero-order valence-electron chi connectivity index (χ0n) is 17.9. The minimum Gasteiger partial charge on any atom is -0.410 e. The van der Waals surface area contributed by atoms with E-state index in [4.69, 9.17) is 16.3 Å². The van der Waals surface area contributed by atoms with Gasteiger partial charge in [0.05, 0.1) is 5.69 Å². The number of rotatable bonds is 3. The van der Waals surface area contributed by atoms with Crippen molar-refractivity contribution in [3.8, 4) is 5.75 Å². The van der Waals surface area contributed by atoms with Crippen LogP contribution in [0.1, 0.15) is 39.9 Å². The Bertz CT molecular complexity index is 1160. The molecule has 0 bridgehead atoms. The standard InChI is InChI=1S/C23H22ClN3O5/c1-12-8-13(2)19(10-17(12)24)26(3)23(31)32-15-5-4-14-11-27(22(30)16(14)9-15)18-6-7-20(28)25-21(18)29/h4-5,8-10,18H,6-7,11H2,1-3H3,(H,25,28,29). The number of imide groups is 1. The van der Waals surface area contributed by atoms with Gasteiger partial charge in [0.25, 0.3) is 5.91 Å². The summed E-state index contributed by atoms with van der Waals surface area (Å²) in [6.07, 6.45) is -0.149. The lowest BCUT2D eigenvalue weighted by Gasteiger charge is -2.29. The summed E-state index contributed by atoms with van der Waals surface area (Å²) < 4.78 is 5.49. The molecule has 1 N–H and O–H groups in total. The number of benzene rings is 2. The summed E-state index contributed by atoms with van der Waals surface area (Å²) in [5.41, 5.74) is 3.50. The summed E-state index contributed by atoms with van der Waals surface area (Å²) in [5.74, 6) is -0.918. The van der Waals surface area contributed by atoms with Crippen LogP contribution < -0.4 is 15.0 Å². The van der Waals surface area contributed by atoms with Crippen LogP contribution in [0.15, 0.2) is 30.3 Å². The summed E-state index contributed by atoms with van der Waals surface area (Å²) in [5, 5.41) is 2.82. The van der Waals surface area contributed by atoms with Gasteiger partial charge in [-0.15, -0.1) is 0 Å². The van der Waals surface area contributed by atoms with Crippen molar-refractivity contribution in [3.05, 3.63) is 57.6 Å². The van der Waals surface area contributed by atoms with Crippen molar-refractivity contribution in [2.75, 3.05) is 11.9 Å². The lowest BCUT2D eigenvalue weighted by molar-refractivity contribution is -0.136. The molecule has 1 saturated heterocycles. The zero-order chi connectivity index (χ0) is 23.2. The molecule has 2 aliphatic rings. The minimum atomic E-state index is -0.695. The quantitative estimate of drug-likeness (QED) is 0.716. The number of carbonyl (C=O) groups excluding carboxylic acids is 4. The van der Waals surface area contributed by atoms with Gasteiger partial charge in [-0.2, -0.15) is 0 Å². The maximum atomic E-state index is 12.9. The normalized spacial score (nSPS) is 17.8. The highest BCUT2D eigenvalue weighted by Crippen LogP contribution is 2.31. The third-order valence-corrected chi connectivity index (χ3v) is 6.22. The predicted octanol–water partition coefficient (Wildman–Crippen LogP) is 3.35. The highest BCUT2D eigenvalue weighted by Gasteiger charge is 2.39. The third kappa shape index (κ3) is 3.93. The molecule has 0 saturated carbocycles. The van der Waals surface area contributed by atoms with Gasteiger partial charge in [0.1, 0.15) is 11.8 Å². The highest BCUT2D eigenvalue weighted by atomic mass is 35.5. The average Bonchev–Trinajstić information content (AvgIpc) is 3.06. The van der Waals surface area contributed by atoms with Crippen LogP contribution in [0.3, 0.4) is 0 Å². The second-order valence-corrected chi connectivity index (χ2v) is 8.44. The largest absolute Gasteiger partial charge is 0.419 e. The van der Waals surface area contributed by atoms with Crippen LogP contribution in [-0.4, -0.2) is 41.8 Å². The van der Waals surface area contributed by atoms with Crippen LogP contribution in [-0.2, 0) is 16.1 Å². The Labute approximate surface area is 190 Å². The Balaban J connectivity index is 1.50. The number of hydrogen-bond donors (Lipinski definition) is 1. The number of piperidine rings is 1. The van der Waals surface area contributed by atoms with E-state index in [1.165, 1.54) is 15.9 Å². The van der Waals surface area contributed by atoms with E-state index in [-0.39, 0.29) is 37.0 Å².